The summed E-state index contributed by atoms with van der Waals surface area (Å²) in [6, 6.07) is 4.15. The highest BCUT2D eigenvalue weighted by Gasteiger charge is 2.29. The highest BCUT2D eigenvalue weighted by atomic mass is 32.1. The molecule has 2 amide bonds. The molecule has 0 bridgehead atoms. The average Bonchev–Trinajstić information content (AvgIpc) is 3.25. The summed E-state index contributed by atoms with van der Waals surface area (Å²) in [5, 5.41) is 3.18. The zero-order valence-electron chi connectivity index (χ0n) is 14.6. The quantitative estimate of drug-likeness (QED) is 0.907. The zero-order chi connectivity index (χ0) is 17.1. The van der Waals surface area contributed by atoms with E-state index in [2.05, 4.69) is 10.2 Å². The number of rotatable bonds is 4. The van der Waals surface area contributed by atoms with Gasteiger partial charge in [0.2, 0.25) is 5.91 Å². The number of nitrogens with one attached hydrogen (secondary N) is 1. The monoisotopic (exact) mass is 349 g/mol. The van der Waals surface area contributed by atoms with E-state index in [1.165, 1.54) is 12.8 Å². The van der Waals surface area contributed by atoms with Gasteiger partial charge in [0.05, 0.1) is 10.9 Å². The molecule has 1 atom stereocenters. The van der Waals surface area contributed by atoms with Crippen molar-refractivity contribution in [3.8, 4) is 0 Å². The summed E-state index contributed by atoms with van der Waals surface area (Å²) < 4.78 is 0. The second-order valence-corrected chi connectivity index (χ2v) is 8.19. The number of hydrogen-bond donors (Lipinski definition) is 1. The normalized spacial score (nSPS) is 21.0. The third-order valence-corrected chi connectivity index (χ3v) is 6.17. The van der Waals surface area contributed by atoms with Crippen LogP contribution in [0, 0.1) is 6.92 Å². The predicted molar refractivity (Wildman–Crippen MR) is 96.4 cm³/mol. The molecule has 2 aliphatic rings. The molecule has 3 rings (SSSR count). The van der Waals surface area contributed by atoms with Crippen molar-refractivity contribution in [3.63, 3.8) is 0 Å². The highest BCUT2D eigenvalue weighted by molar-refractivity contribution is 7.13. The predicted octanol–water partition coefficient (Wildman–Crippen LogP) is 2.26. The van der Waals surface area contributed by atoms with E-state index in [0.29, 0.717) is 19.1 Å². The van der Waals surface area contributed by atoms with E-state index in [9.17, 15) is 9.59 Å². The summed E-state index contributed by atoms with van der Waals surface area (Å²) in [5.41, 5.74) is 0. The number of hydrogen-bond acceptors (Lipinski definition) is 4. The number of amides is 2. The molecule has 1 aromatic heterocycles. The van der Waals surface area contributed by atoms with Gasteiger partial charge >= 0.3 is 0 Å². The van der Waals surface area contributed by atoms with Crippen molar-refractivity contribution in [2.24, 2.45) is 0 Å². The lowest BCUT2D eigenvalue weighted by atomic mass is 10.2. The van der Waals surface area contributed by atoms with Gasteiger partial charge < -0.3 is 10.2 Å². The molecular weight excluding hydrogens is 322 g/mol. The van der Waals surface area contributed by atoms with E-state index in [0.717, 1.165) is 35.7 Å². The summed E-state index contributed by atoms with van der Waals surface area (Å²) in [4.78, 5) is 31.0. The van der Waals surface area contributed by atoms with E-state index in [4.69, 9.17) is 0 Å². The van der Waals surface area contributed by atoms with Gasteiger partial charge in [0.1, 0.15) is 0 Å². The first-order chi connectivity index (χ1) is 11.5. The lowest BCUT2D eigenvalue weighted by molar-refractivity contribution is -0.127. The van der Waals surface area contributed by atoms with E-state index in [1.54, 1.807) is 11.3 Å². The summed E-state index contributed by atoms with van der Waals surface area (Å²) in [6.45, 7) is 6.90. The number of nitrogens with zero attached hydrogens (tertiary/aromatic N) is 2. The molecular formula is C18H27N3O2S. The van der Waals surface area contributed by atoms with Crippen molar-refractivity contribution >= 4 is 23.2 Å². The standard InChI is InChI=1S/C18H27N3O2S/c1-13-7-8-16(24-13)18(23)21-11-9-20(10-12-21)14(2)17(22)19-15-5-3-4-6-15/h7-8,14-15H,3-6,9-12H2,1-2H3,(H,19,22)/t14-/m0/s1. The van der Waals surface area contributed by atoms with Crippen molar-refractivity contribution in [1.82, 2.24) is 15.1 Å². The minimum Gasteiger partial charge on any atom is -0.352 e. The van der Waals surface area contributed by atoms with Crippen LogP contribution in [-0.2, 0) is 4.79 Å². The Morgan fingerprint density at radius 3 is 2.42 bits per heavy atom. The first-order valence-electron chi connectivity index (χ1n) is 8.95. The molecule has 0 unspecified atom stereocenters. The van der Waals surface area contributed by atoms with Gasteiger partial charge in [-0.15, -0.1) is 11.3 Å². The second-order valence-electron chi connectivity index (χ2n) is 6.90. The van der Waals surface area contributed by atoms with Crippen molar-refractivity contribution in [2.45, 2.75) is 51.6 Å². The average molecular weight is 350 g/mol. The van der Waals surface area contributed by atoms with Gasteiger partial charge in [-0.3, -0.25) is 14.5 Å². The SMILES string of the molecule is Cc1ccc(C(=O)N2CCN([C@@H](C)C(=O)NC3CCCC3)CC2)s1. The van der Waals surface area contributed by atoms with E-state index in [-0.39, 0.29) is 17.9 Å². The molecule has 1 saturated heterocycles. The van der Waals surface area contributed by atoms with Crippen molar-refractivity contribution in [1.29, 1.82) is 0 Å². The third kappa shape index (κ3) is 3.98. The summed E-state index contributed by atoms with van der Waals surface area (Å²) in [6.07, 6.45) is 4.67. The maximum atomic E-state index is 12.5. The van der Waals surface area contributed by atoms with E-state index in [1.807, 2.05) is 30.9 Å². The van der Waals surface area contributed by atoms with Gasteiger partial charge in [-0.2, -0.15) is 0 Å². The van der Waals surface area contributed by atoms with Crippen LogP contribution >= 0.6 is 11.3 Å². The Labute approximate surface area is 148 Å². The van der Waals surface area contributed by atoms with E-state index >= 15 is 0 Å². The molecule has 0 aromatic carbocycles. The number of piperazine rings is 1. The summed E-state index contributed by atoms with van der Waals surface area (Å²) in [7, 11) is 0. The molecule has 1 aliphatic carbocycles. The van der Waals surface area contributed by atoms with Crippen molar-refractivity contribution < 1.29 is 9.59 Å². The fourth-order valence-corrected chi connectivity index (χ4v) is 4.41. The first-order valence-corrected chi connectivity index (χ1v) is 9.76. The molecule has 0 spiro atoms. The van der Waals surface area contributed by atoms with Gasteiger partial charge in [0, 0.05) is 37.1 Å². The maximum absolute atomic E-state index is 12.5. The fourth-order valence-electron chi connectivity index (χ4n) is 3.58. The van der Waals surface area contributed by atoms with Gasteiger partial charge in [0.15, 0.2) is 0 Å². The summed E-state index contributed by atoms with van der Waals surface area (Å²) in [5.74, 6) is 0.256. The van der Waals surface area contributed by atoms with Gasteiger partial charge in [0.25, 0.3) is 5.91 Å². The molecule has 1 aliphatic heterocycles. The van der Waals surface area contributed by atoms with Crippen LogP contribution in [0.1, 0.15) is 47.2 Å². The van der Waals surface area contributed by atoms with Crippen LogP contribution in [-0.4, -0.2) is 59.9 Å². The molecule has 132 valence electrons. The van der Waals surface area contributed by atoms with Crippen LogP contribution in [0.5, 0.6) is 0 Å². The number of aryl methyl sites for hydroxylation is 1. The molecule has 1 saturated carbocycles. The van der Waals surface area contributed by atoms with Crippen LogP contribution in [0.2, 0.25) is 0 Å². The Kier molecular flexibility index (Phi) is 5.56. The molecule has 1 aromatic rings. The van der Waals surface area contributed by atoms with Crippen LogP contribution in [0.15, 0.2) is 12.1 Å². The lowest BCUT2D eigenvalue weighted by Crippen LogP contribution is -2.55. The van der Waals surface area contributed by atoms with Crippen LogP contribution in [0.4, 0.5) is 0 Å². The van der Waals surface area contributed by atoms with Gasteiger partial charge in [-0.1, -0.05) is 12.8 Å². The summed E-state index contributed by atoms with van der Waals surface area (Å²) >= 11 is 1.55. The van der Waals surface area contributed by atoms with Crippen LogP contribution < -0.4 is 5.32 Å². The lowest BCUT2D eigenvalue weighted by Gasteiger charge is -2.37. The van der Waals surface area contributed by atoms with Crippen LogP contribution in [0.25, 0.3) is 0 Å². The second kappa shape index (κ2) is 7.66. The smallest absolute Gasteiger partial charge is 0.264 e. The topological polar surface area (TPSA) is 52.7 Å². The van der Waals surface area contributed by atoms with Crippen molar-refractivity contribution in [2.75, 3.05) is 26.2 Å². The Bertz CT molecular complexity index is 587. The zero-order valence-corrected chi connectivity index (χ0v) is 15.4. The molecule has 1 N–H and O–H groups in total. The Hall–Kier alpha value is -1.40. The molecule has 6 heteroatoms. The Balaban J connectivity index is 1.48. The number of carbonyl (C=O) groups is 2. The number of carbonyl (C=O) groups excluding carboxylic acids is 2. The third-order valence-electron chi connectivity index (χ3n) is 5.18. The first kappa shape index (κ1) is 17.4. The Morgan fingerprint density at radius 1 is 1.17 bits per heavy atom. The molecule has 24 heavy (non-hydrogen) atoms. The van der Waals surface area contributed by atoms with Gasteiger partial charge in [-0.05, 0) is 38.8 Å². The van der Waals surface area contributed by atoms with Crippen molar-refractivity contribution in [3.05, 3.63) is 21.9 Å². The van der Waals surface area contributed by atoms with E-state index < -0.39 is 0 Å². The molecule has 5 nitrogen and oxygen atoms in total. The highest BCUT2D eigenvalue weighted by Crippen LogP contribution is 2.20. The van der Waals surface area contributed by atoms with Crippen LogP contribution in [0.3, 0.4) is 0 Å². The largest absolute Gasteiger partial charge is 0.352 e. The molecule has 0 radical (unpaired) electrons. The minimum absolute atomic E-state index is 0.119. The van der Waals surface area contributed by atoms with Gasteiger partial charge in [-0.25, -0.2) is 0 Å². The fraction of sp³-hybridized carbons (Fsp3) is 0.667. The minimum atomic E-state index is -0.119. The molecule has 2 fully saturated rings. The Morgan fingerprint density at radius 2 is 1.83 bits per heavy atom. The molecule has 2 heterocycles. The number of thiophene rings is 1. The maximum Gasteiger partial charge on any atom is 0.264 e.